The monoisotopic (exact) mass is 238 g/mol. The number of hydrogen-bond acceptors (Lipinski definition) is 3. The van der Waals surface area contributed by atoms with E-state index in [9.17, 15) is 9.59 Å². The van der Waals surface area contributed by atoms with E-state index in [0.29, 0.717) is 5.69 Å². The topological polar surface area (TPSA) is 98.7 Å². The van der Waals surface area contributed by atoms with E-state index in [-0.39, 0.29) is 6.54 Å². The Labute approximate surface area is 98.3 Å². The van der Waals surface area contributed by atoms with Crippen molar-refractivity contribution in [2.75, 3.05) is 11.9 Å². The maximum atomic E-state index is 11.3. The van der Waals surface area contributed by atoms with Crippen LogP contribution in [0.15, 0.2) is 24.3 Å². The molecule has 6 heteroatoms. The molecule has 1 rings (SSSR count). The molecular weight excluding hydrogens is 224 g/mol. The second-order valence-electron chi connectivity index (χ2n) is 3.56. The van der Waals surface area contributed by atoms with E-state index < -0.39 is 18.1 Å². The lowest BCUT2D eigenvalue weighted by Crippen LogP contribution is -2.38. The van der Waals surface area contributed by atoms with Crippen LogP contribution in [0, 0.1) is 6.92 Å². The number of nitrogens with one attached hydrogen (secondary N) is 2. The van der Waals surface area contributed by atoms with Crippen LogP contribution >= 0.6 is 0 Å². The third kappa shape index (κ3) is 4.52. The Kier molecular flexibility index (Phi) is 4.47. The van der Waals surface area contributed by atoms with Crippen molar-refractivity contribution in [1.29, 1.82) is 0 Å². The van der Waals surface area contributed by atoms with Crippen molar-refractivity contribution in [2.45, 2.75) is 13.0 Å². The molecule has 0 saturated heterocycles. The first kappa shape index (κ1) is 13.0. The van der Waals surface area contributed by atoms with Gasteiger partial charge in [0.15, 0.2) is 6.10 Å². The van der Waals surface area contributed by atoms with Crippen LogP contribution in [0.25, 0.3) is 0 Å². The minimum absolute atomic E-state index is 0.340. The van der Waals surface area contributed by atoms with Crippen molar-refractivity contribution >= 4 is 17.7 Å². The molecule has 1 atom stereocenters. The first-order chi connectivity index (χ1) is 7.99. The first-order valence-electron chi connectivity index (χ1n) is 5.01. The number of carbonyl (C=O) groups excluding carboxylic acids is 1. The van der Waals surface area contributed by atoms with Crippen LogP contribution < -0.4 is 10.6 Å². The number of aliphatic carboxylic acids is 1. The molecule has 2 amide bonds. The van der Waals surface area contributed by atoms with Gasteiger partial charge in [0.05, 0.1) is 6.54 Å². The number of carboxylic acids is 1. The van der Waals surface area contributed by atoms with Gasteiger partial charge in [0, 0.05) is 5.69 Å². The van der Waals surface area contributed by atoms with Gasteiger partial charge in [0.25, 0.3) is 0 Å². The van der Waals surface area contributed by atoms with E-state index in [1.807, 2.05) is 13.0 Å². The molecular formula is C11H14N2O4. The average molecular weight is 238 g/mol. The van der Waals surface area contributed by atoms with Gasteiger partial charge in [-0.1, -0.05) is 12.1 Å². The number of aliphatic hydroxyl groups is 1. The molecule has 0 aliphatic rings. The highest BCUT2D eigenvalue weighted by molar-refractivity contribution is 5.89. The lowest BCUT2D eigenvalue weighted by molar-refractivity contribution is -0.146. The van der Waals surface area contributed by atoms with Crippen LogP contribution in [0.1, 0.15) is 5.56 Å². The Morgan fingerprint density at radius 1 is 1.41 bits per heavy atom. The Bertz CT molecular complexity index is 420. The highest BCUT2D eigenvalue weighted by atomic mass is 16.4. The van der Waals surface area contributed by atoms with E-state index in [4.69, 9.17) is 10.2 Å². The quantitative estimate of drug-likeness (QED) is 0.616. The van der Waals surface area contributed by atoms with Crippen LogP contribution in [0.5, 0.6) is 0 Å². The molecule has 0 bridgehead atoms. The van der Waals surface area contributed by atoms with E-state index in [2.05, 4.69) is 10.6 Å². The third-order valence-electron chi connectivity index (χ3n) is 2.02. The van der Waals surface area contributed by atoms with Crippen molar-refractivity contribution in [2.24, 2.45) is 0 Å². The van der Waals surface area contributed by atoms with Gasteiger partial charge in [-0.05, 0) is 24.6 Å². The summed E-state index contributed by atoms with van der Waals surface area (Å²) in [7, 11) is 0. The Morgan fingerprint density at radius 2 is 2.12 bits per heavy atom. The predicted molar refractivity (Wildman–Crippen MR) is 61.8 cm³/mol. The van der Waals surface area contributed by atoms with Gasteiger partial charge in [0.1, 0.15) is 0 Å². The number of carbonyl (C=O) groups is 2. The summed E-state index contributed by atoms with van der Waals surface area (Å²) < 4.78 is 0. The van der Waals surface area contributed by atoms with Crippen molar-refractivity contribution in [1.82, 2.24) is 5.32 Å². The molecule has 0 aliphatic carbocycles. The molecule has 6 nitrogen and oxygen atoms in total. The fourth-order valence-corrected chi connectivity index (χ4v) is 1.17. The predicted octanol–water partition coefficient (Wildman–Crippen LogP) is 0.562. The summed E-state index contributed by atoms with van der Waals surface area (Å²) in [6.45, 7) is 1.55. The largest absolute Gasteiger partial charge is 0.479 e. The molecule has 1 aromatic rings. The van der Waals surface area contributed by atoms with Gasteiger partial charge in [0.2, 0.25) is 0 Å². The van der Waals surface area contributed by atoms with E-state index in [1.165, 1.54) is 0 Å². The van der Waals surface area contributed by atoms with E-state index in [1.54, 1.807) is 18.2 Å². The Balaban J connectivity index is 2.42. The van der Waals surface area contributed by atoms with Gasteiger partial charge in [-0.2, -0.15) is 0 Å². The van der Waals surface area contributed by atoms with Crippen molar-refractivity contribution in [3.05, 3.63) is 29.8 Å². The lowest BCUT2D eigenvalue weighted by Gasteiger charge is -2.09. The zero-order chi connectivity index (χ0) is 12.8. The molecule has 92 valence electrons. The number of carboxylic acid groups (broad SMARTS) is 1. The van der Waals surface area contributed by atoms with Gasteiger partial charge < -0.3 is 20.8 Å². The van der Waals surface area contributed by atoms with Gasteiger partial charge in [-0.25, -0.2) is 9.59 Å². The first-order valence-corrected chi connectivity index (χ1v) is 5.01. The van der Waals surface area contributed by atoms with Gasteiger partial charge in [-0.3, -0.25) is 0 Å². The molecule has 0 unspecified atom stereocenters. The molecule has 0 heterocycles. The van der Waals surface area contributed by atoms with E-state index in [0.717, 1.165) is 5.56 Å². The number of benzene rings is 1. The summed E-state index contributed by atoms with van der Waals surface area (Å²) in [6, 6.07) is 6.60. The highest BCUT2D eigenvalue weighted by Gasteiger charge is 2.13. The van der Waals surface area contributed by atoms with E-state index >= 15 is 0 Å². The van der Waals surface area contributed by atoms with Gasteiger partial charge >= 0.3 is 12.0 Å². The number of aryl methyl sites for hydroxylation is 1. The smallest absolute Gasteiger partial charge is 0.334 e. The zero-order valence-electron chi connectivity index (χ0n) is 9.30. The maximum absolute atomic E-state index is 11.3. The van der Waals surface area contributed by atoms with Crippen molar-refractivity contribution in [3.8, 4) is 0 Å². The van der Waals surface area contributed by atoms with Crippen LogP contribution in [0.3, 0.4) is 0 Å². The summed E-state index contributed by atoms with van der Waals surface area (Å²) in [5.74, 6) is -1.37. The zero-order valence-corrected chi connectivity index (χ0v) is 9.30. The summed E-state index contributed by atoms with van der Waals surface area (Å²) in [5, 5.41) is 22.1. The second-order valence-corrected chi connectivity index (χ2v) is 3.56. The fraction of sp³-hybridized carbons (Fsp3) is 0.273. The molecule has 0 aliphatic heterocycles. The van der Waals surface area contributed by atoms with Gasteiger partial charge in [-0.15, -0.1) is 0 Å². The lowest BCUT2D eigenvalue weighted by atomic mass is 10.2. The molecule has 17 heavy (non-hydrogen) atoms. The van der Waals surface area contributed by atoms with Crippen LogP contribution in [0.4, 0.5) is 10.5 Å². The number of hydrogen-bond donors (Lipinski definition) is 4. The fourth-order valence-electron chi connectivity index (χ4n) is 1.17. The summed E-state index contributed by atoms with van der Waals surface area (Å²) in [6.07, 6.45) is -1.60. The summed E-state index contributed by atoms with van der Waals surface area (Å²) in [5.41, 5.74) is 1.60. The minimum atomic E-state index is -1.60. The maximum Gasteiger partial charge on any atom is 0.334 e. The highest BCUT2D eigenvalue weighted by Crippen LogP contribution is 2.08. The van der Waals surface area contributed by atoms with Crippen LogP contribution in [-0.4, -0.2) is 34.9 Å². The number of anilines is 1. The second kappa shape index (κ2) is 5.86. The molecule has 4 N–H and O–H groups in total. The summed E-state index contributed by atoms with van der Waals surface area (Å²) in [4.78, 5) is 21.6. The van der Waals surface area contributed by atoms with Crippen LogP contribution in [-0.2, 0) is 4.79 Å². The minimum Gasteiger partial charge on any atom is -0.479 e. The normalized spacial score (nSPS) is 11.6. The Hall–Kier alpha value is -2.08. The third-order valence-corrected chi connectivity index (χ3v) is 2.02. The van der Waals surface area contributed by atoms with Crippen molar-refractivity contribution < 1.29 is 19.8 Å². The molecule has 0 saturated carbocycles. The molecule has 0 spiro atoms. The summed E-state index contributed by atoms with van der Waals surface area (Å²) >= 11 is 0. The number of urea groups is 1. The number of aliphatic hydroxyl groups excluding tert-OH is 1. The molecule has 0 radical (unpaired) electrons. The standard InChI is InChI=1S/C11H14N2O4/c1-7-3-2-4-8(5-7)13-11(17)12-6-9(14)10(15)16/h2-5,9,14H,6H2,1H3,(H,15,16)(H2,12,13,17)/t9-/m0/s1. The molecule has 1 aromatic carbocycles. The SMILES string of the molecule is Cc1cccc(NC(=O)NC[C@H](O)C(=O)O)c1. The van der Waals surface area contributed by atoms with Crippen LogP contribution in [0.2, 0.25) is 0 Å². The molecule has 0 aromatic heterocycles. The number of rotatable bonds is 4. The van der Waals surface area contributed by atoms with Crippen molar-refractivity contribution in [3.63, 3.8) is 0 Å². The number of amides is 2. The average Bonchev–Trinajstić information content (AvgIpc) is 2.25. The Morgan fingerprint density at radius 3 is 2.71 bits per heavy atom. The molecule has 0 fully saturated rings.